The van der Waals surface area contributed by atoms with Crippen molar-refractivity contribution in [1.29, 1.82) is 0 Å². The molecule has 0 radical (unpaired) electrons. The van der Waals surface area contributed by atoms with Gasteiger partial charge in [0.15, 0.2) is 12.1 Å². The van der Waals surface area contributed by atoms with E-state index in [4.69, 9.17) is 20.0 Å². The fourth-order valence-electron chi connectivity index (χ4n) is 2.71. The summed E-state index contributed by atoms with van der Waals surface area (Å²) in [5.41, 5.74) is 6.62. The van der Waals surface area contributed by atoms with E-state index >= 15 is 0 Å². The summed E-state index contributed by atoms with van der Waals surface area (Å²) in [6.45, 7) is -1.78. The molecule has 2 atom stereocenters. The Labute approximate surface area is 201 Å². The summed E-state index contributed by atoms with van der Waals surface area (Å²) in [5, 5.41) is 12.2. The number of primary amides is 1. The molecular formula is C23H27N3O9. The third kappa shape index (κ3) is 8.95. The second-order valence-corrected chi connectivity index (χ2v) is 7.04. The molecule has 2 rings (SSSR count). The van der Waals surface area contributed by atoms with Gasteiger partial charge in [-0.3, -0.25) is 9.63 Å². The van der Waals surface area contributed by atoms with Gasteiger partial charge < -0.3 is 30.4 Å². The molecule has 188 valence electrons. The van der Waals surface area contributed by atoms with E-state index in [-0.39, 0.29) is 13.2 Å². The Kier molecular flexibility index (Phi) is 11.0. The number of nitrogens with two attached hydrogens (primary N) is 1. The number of benzene rings is 2. The number of carbonyl (C=O) groups is 4. The number of hydrogen-bond acceptors (Lipinski definition) is 9. The first kappa shape index (κ1) is 27.1. The van der Waals surface area contributed by atoms with E-state index in [1.165, 1.54) is 0 Å². The van der Waals surface area contributed by atoms with Gasteiger partial charge in [0.05, 0.1) is 13.7 Å². The number of hydroxylamine groups is 2. The Bertz CT molecular complexity index is 973. The van der Waals surface area contributed by atoms with Gasteiger partial charge >= 0.3 is 18.2 Å². The lowest BCUT2D eigenvalue weighted by Crippen LogP contribution is -2.53. The number of aliphatic hydroxyl groups excluding tert-OH is 1. The average molecular weight is 489 g/mol. The largest absolute Gasteiger partial charge is 0.467 e. The number of methoxy groups -OCH3 is 1. The zero-order valence-electron chi connectivity index (χ0n) is 19.0. The Balaban J connectivity index is 2.03. The fourth-order valence-corrected chi connectivity index (χ4v) is 2.71. The molecule has 0 bridgehead atoms. The van der Waals surface area contributed by atoms with Crippen LogP contribution in [-0.2, 0) is 41.9 Å². The first-order valence-corrected chi connectivity index (χ1v) is 10.4. The van der Waals surface area contributed by atoms with Gasteiger partial charge in [-0.2, -0.15) is 5.06 Å². The summed E-state index contributed by atoms with van der Waals surface area (Å²) in [6.07, 6.45) is -2.11. The molecule has 1 unspecified atom stereocenters. The molecule has 0 aromatic heterocycles. The lowest BCUT2D eigenvalue weighted by Gasteiger charge is -2.28. The molecule has 0 saturated carbocycles. The standard InChI is InChI=1S/C23H27N3O9/c1-32-21(29)18(25-22(30)33-13-16-8-4-2-5-9-16)15-35-26(19(12-27)20(24)28)23(31)34-14-17-10-6-3-7-11-17/h2-11,18-19,27H,12-15H2,1H3,(H2,24,28)(H,25,30)/t18?,19-/m0/s1. The minimum absolute atomic E-state index is 0.0619. The first-order valence-electron chi connectivity index (χ1n) is 10.4. The molecule has 0 saturated heterocycles. The zero-order valence-corrected chi connectivity index (χ0v) is 19.0. The maximum Gasteiger partial charge on any atom is 0.435 e. The lowest BCUT2D eigenvalue weighted by atomic mass is 10.2. The third-order valence-electron chi connectivity index (χ3n) is 4.54. The van der Waals surface area contributed by atoms with E-state index < -0.39 is 49.4 Å². The van der Waals surface area contributed by atoms with Crippen LogP contribution in [-0.4, -0.2) is 66.6 Å². The van der Waals surface area contributed by atoms with E-state index in [2.05, 4.69) is 10.1 Å². The minimum Gasteiger partial charge on any atom is -0.467 e. The summed E-state index contributed by atoms with van der Waals surface area (Å²) in [6, 6.07) is 14.4. The van der Waals surface area contributed by atoms with Crippen LogP contribution in [0.4, 0.5) is 9.59 Å². The quantitative estimate of drug-likeness (QED) is 0.223. The lowest BCUT2D eigenvalue weighted by molar-refractivity contribution is -0.184. The number of esters is 1. The number of nitrogens with zero attached hydrogens (tertiary/aromatic N) is 1. The Morgan fingerprint density at radius 3 is 1.97 bits per heavy atom. The van der Waals surface area contributed by atoms with Crippen molar-refractivity contribution < 1.29 is 43.3 Å². The van der Waals surface area contributed by atoms with E-state index in [1.54, 1.807) is 60.7 Å². The summed E-state index contributed by atoms with van der Waals surface area (Å²) >= 11 is 0. The van der Waals surface area contributed by atoms with Gasteiger partial charge in [0, 0.05) is 0 Å². The molecule has 3 amide bonds. The van der Waals surface area contributed by atoms with Crippen molar-refractivity contribution >= 4 is 24.1 Å². The van der Waals surface area contributed by atoms with Crippen LogP contribution >= 0.6 is 0 Å². The van der Waals surface area contributed by atoms with Crippen molar-refractivity contribution in [1.82, 2.24) is 10.4 Å². The van der Waals surface area contributed by atoms with Crippen LogP contribution in [0.15, 0.2) is 60.7 Å². The minimum atomic E-state index is -1.62. The second kappa shape index (κ2) is 14.2. The number of aliphatic hydroxyl groups is 1. The van der Waals surface area contributed by atoms with Crippen LogP contribution < -0.4 is 11.1 Å². The van der Waals surface area contributed by atoms with Crippen molar-refractivity contribution in [2.75, 3.05) is 20.3 Å². The molecule has 0 aliphatic heterocycles. The highest BCUT2D eigenvalue weighted by atomic mass is 16.7. The highest BCUT2D eigenvalue weighted by molar-refractivity contribution is 5.84. The number of carbonyl (C=O) groups excluding carboxylic acids is 4. The molecule has 0 aliphatic rings. The molecule has 35 heavy (non-hydrogen) atoms. The molecule has 0 aliphatic carbocycles. The van der Waals surface area contributed by atoms with Gasteiger partial charge in [-0.05, 0) is 11.1 Å². The Morgan fingerprint density at radius 2 is 1.49 bits per heavy atom. The van der Waals surface area contributed by atoms with Gasteiger partial charge in [0.2, 0.25) is 5.91 Å². The van der Waals surface area contributed by atoms with Crippen LogP contribution in [0.5, 0.6) is 0 Å². The predicted molar refractivity (Wildman–Crippen MR) is 120 cm³/mol. The number of nitrogens with one attached hydrogen (secondary N) is 1. The maximum absolute atomic E-state index is 12.6. The highest BCUT2D eigenvalue weighted by Crippen LogP contribution is 2.09. The van der Waals surface area contributed by atoms with Crippen molar-refractivity contribution in [3.63, 3.8) is 0 Å². The molecule has 12 heteroatoms. The Morgan fingerprint density at radius 1 is 0.943 bits per heavy atom. The van der Waals surface area contributed by atoms with E-state index in [9.17, 15) is 24.3 Å². The molecule has 0 fully saturated rings. The van der Waals surface area contributed by atoms with Gasteiger partial charge in [0.1, 0.15) is 19.8 Å². The number of rotatable bonds is 12. The predicted octanol–water partition coefficient (Wildman–Crippen LogP) is 0.871. The van der Waals surface area contributed by atoms with Gasteiger partial charge in [-0.15, -0.1) is 0 Å². The molecule has 4 N–H and O–H groups in total. The molecular weight excluding hydrogens is 462 g/mol. The zero-order chi connectivity index (χ0) is 25.6. The molecule has 0 heterocycles. The third-order valence-corrected chi connectivity index (χ3v) is 4.54. The highest BCUT2D eigenvalue weighted by Gasteiger charge is 2.33. The van der Waals surface area contributed by atoms with Crippen molar-refractivity contribution in [3.8, 4) is 0 Å². The van der Waals surface area contributed by atoms with Gasteiger partial charge in [-0.25, -0.2) is 14.4 Å². The van der Waals surface area contributed by atoms with Crippen LogP contribution in [0.3, 0.4) is 0 Å². The molecule has 2 aromatic carbocycles. The number of hydrogen-bond donors (Lipinski definition) is 3. The topological polar surface area (TPSA) is 167 Å². The summed E-state index contributed by atoms with van der Waals surface area (Å²) in [5.74, 6) is -2.01. The average Bonchev–Trinajstić information content (AvgIpc) is 2.88. The van der Waals surface area contributed by atoms with E-state index in [0.29, 0.717) is 16.2 Å². The molecule has 0 spiro atoms. The number of ether oxygens (including phenoxy) is 3. The second-order valence-electron chi connectivity index (χ2n) is 7.04. The molecule has 2 aromatic rings. The normalized spacial score (nSPS) is 12.1. The summed E-state index contributed by atoms with van der Waals surface area (Å²) < 4.78 is 14.8. The van der Waals surface area contributed by atoms with Crippen LogP contribution in [0, 0.1) is 0 Å². The smallest absolute Gasteiger partial charge is 0.435 e. The van der Waals surface area contributed by atoms with Gasteiger partial charge in [-0.1, -0.05) is 60.7 Å². The van der Waals surface area contributed by atoms with E-state index in [0.717, 1.165) is 7.11 Å². The van der Waals surface area contributed by atoms with Crippen LogP contribution in [0.2, 0.25) is 0 Å². The fraction of sp³-hybridized carbons (Fsp3) is 0.304. The monoisotopic (exact) mass is 489 g/mol. The first-order chi connectivity index (χ1) is 16.8. The van der Waals surface area contributed by atoms with Crippen molar-refractivity contribution in [2.45, 2.75) is 25.3 Å². The summed E-state index contributed by atoms with van der Waals surface area (Å²) in [4.78, 5) is 53.9. The van der Waals surface area contributed by atoms with Crippen molar-refractivity contribution in [2.24, 2.45) is 5.73 Å². The van der Waals surface area contributed by atoms with Crippen molar-refractivity contribution in [3.05, 3.63) is 71.8 Å². The summed E-state index contributed by atoms with van der Waals surface area (Å²) in [7, 11) is 1.08. The number of alkyl carbamates (subject to hydrolysis) is 1. The molecule has 12 nitrogen and oxygen atoms in total. The maximum atomic E-state index is 12.6. The Hall–Kier alpha value is -4.16. The van der Waals surface area contributed by atoms with Crippen LogP contribution in [0.1, 0.15) is 11.1 Å². The van der Waals surface area contributed by atoms with Crippen LogP contribution in [0.25, 0.3) is 0 Å². The SMILES string of the molecule is COC(=O)C(CON(C(=O)OCc1ccccc1)[C@@H](CO)C(N)=O)NC(=O)OCc1ccccc1. The number of amides is 3. The van der Waals surface area contributed by atoms with E-state index in [1.807, 2.05) is 0 Å². The van der Waals surface area contributed by atoms with Gasteiger partial charge in [0.25, 0.3) is 0 Å².